The summed E-state index contributed by atoms with van der Waals surface area (Å²) >= 11 is 1.88. The van der Waals surface area contributed by atoms with Gasteiger partial charge in [-0.25, -0.2) is 0 Å². The van der Waals surface area contributed by atoms with Gasteiger partial charge in [0.25, 0.3) is 0 Å². The van der Waals surface area contributed by atoms with E-state index >= 15 is 0 Å². The van der Waals surface area contributed by atoms with E-state index in [9.17, 15) is 0 Å². The van der Waals surface area contributed by atoms with Gasteiger partial charge in [0.2, 0.25) is 0 Å². The average molecular weight is 796 g/mol. The summed E-state index contributed by atoms with van der Waals surface area (Å²) in [5.41, 5.74) is 15.9. The van der Waals surface area contributed by atoms with Crippen molar-refractivity contribution in [2.45, 2.75) is 19.3 Å². The lowest BCUT2D eigenvalue weighted by Gasteiger charge is -2.30. The molecule has 0 unspecified atom stereocenters. The van der Waals surface area contributed by atoms with Gasteiger partial charge >= 0.3 is 0 Å². The van der Waals surface area contributed by atoms with E-state index in [4.69, 9.17) is 0 Å². The van der Waals surface area contributed by atoms with Crippen LogP contribution in [-0.4, -0.2) is 0 Å². The summed E-state index contributed by atoms with van der Waals surface area (Å²) in [4.78, 5) is 2.52. The van der Waals surface area contributed by atoms with Gasteiger partial charge in [-0.1, -0.05) is 184 Å². The maximum absolute atomic E-state index is 2.52. The van der Waals surface area contributed by atoms with Crippen LogP contribution in [0.5, 0.6) is 0 Å². The van der Waals surface area contributed by atoms with Gasteiger partial charge in [0, 0.05) is 32.1 Å². The van der Waals surface area contributed by atoms with Crippen molar-refractivity contribution < 1.29 is 0 Å². The van der Waals surface area contributed by atoms with Crippen LogP contribution in [0, 0.1) is 0 Å². The highest BCUT2D eigenvalue weighted by Gasteiger charge is 2.37. The first-order valence-electron chi connectivity index (χ1n) is 21.2. The molecule has 1 aliphatic carbocycles. The van der Waals surface area contributed by atoms with Gasteiger partial charge in [0.15, 0.2) is 0 Å². The van der Waals surface area contributed by atoms with Gasteiger partial charge in [-0.05, 0) is 114 Å². The lowest BCUT2D eigenvalue weighted by atomic mass is 9.81. The molecule has 10 aromatic carbocycles. The Labute approximate surface area is 360 Å². The maximum Gasteiger partial charge on any atom is 0.0640 e. The molecule has 1 aromatic heterocycles. The number of rotatable bonds is 6. The molecule has 0 saturated carbocycles. The van der Waals surface area contributed by atoms with E-state index in [1.807, 2.05) is 11.3 Å². The molecule has 0 atom stereocenters. The normalized spacial score (nSPS) is 12.9. The Hall–Kier alpha value is -7.26. The van der Waals surface area contributed by atoms with E-state index < -0.39 is 0 Å². The van der Waals surface area contributed by atoms with E-state index in [1.165, 1.54) is 103 Å². The Kier molecular flexibility index (Phi) is 8.13. The molecule has 61 heavy (non-hydrogen) atoms. The minimum absolute atomic E-state index is 0.231. The number of nitrogens with zero attached hydrogens (tertiary/aromatic N) is 1. The van der Waals surface area contributed by atoms with Crippen LogP contribution in [0.1, 0.15) is 25.0 Å². The van der Waals surface area contributed by atoms with Crippen molar-refractivity contribution in [1.29, 1.82) is 0 Å². The van der Waals surface area contributed by atoms with Crippen LogP contribution < -0.4 is 4.90 Å². The molecule has 288 valence electrons. The molecule has 0 radical (unpaired) electrons. The fourth-order valence-corrected chi connectivity index (χ4v) is 11.2. The second kappa shape index (κ2) is 13.9. The zero-order valence-corrected chi connectivity index (χ0v) is 34.9. The van der Waals surface area contributed by atoms with Crippen LogP contribution in [0.25, 0.3) is 86.2 Å². The van der Waals surface area contributed by atoms with Crippen molar-refractivity contribution in [2.24, 2.45) is 0 Å². The average Bonchev–Trinajstić information content (AvgIpc) is 3.81. The molecular formula is C59H41NS. The van der Waals surface area contributed by atoms with Crippen LogP contribution in [0.4, 0.5) is 17.1 Å². The number of benzene rings is 10. The number of thiophene rings is 1. The molecule has 0 aliphatic heterocycles. The molecule has 0 amide bonds. The summed E-state index contributed by atoms with van der Waals surface area (Å²) in [5, 5.41) is 7.74. The zero-order chi connectivity index (χ0) is 40.7. The van der Waals surface area contributed by atoms with Crippen molar-refractivity contribution in [3.8, 4) is 44.5 Å². The highest BCUT2D eigenvalue weighted by atomic mass is 32.1. The third-order valence-corrected chi connectivity index (χ3v) is 14.3. The van der Waals surface area contributed by atoms with Crippen LogP contribution in [-0.2, 0) is 5.41 Å². The number of anilines is 3. The molecule has 1 aliphatic rings. The maximum atomic E-state index is 2.52. The number of para-hydroxylation sites is 1. The molecule has 0 bridgehead atoms. The van der Waals surface area contributed by atoms with Crippen molar-refractivity contribution in [3.63, 3.8) is 0 Å². The molecule has 0 spiro atoms. The quantitative estimate of drug-likeness (QED) is 0.152. The SMILES string of the molecule is CC1(C)c2cc(-c3cc4ccccc4c4ccccc34)ccc2-c2ccc(N(c3ccccc3-c3ccc(-c4ccccc4)cc3)c3cccc4c3sc3ccccc34)cc21. The minimum atomic E-state index is -0.231. The summed E-state index contributed by atoms with van der Waals surface area (Å²) in [6.07, 6.45) is 0. The van der Waals surface area contributed by atoms with E-state index in [0.29, 0.717) is 0 Å². The molecule has 11 aromatic rings. The van der Waals surface area contributed by atoms with Gasteiger partial charge in [-0.15, -0.1) is 11.3 Å². The molecule has 12 rings (SSSR count). The van der Waals surface area contributed by atoms with Crippen molar-refractivity contribution in [1.82, 2.24) is 0 Å². The second-order valence-electron chi connectivity index (χ2n) is 16.9. The van der Waals surface area contributed by atoms with Gasteiger partial charge in [-0.2, -0.15) is 0 Å². The summed E-state index contributed by atoms with van der Waals surface area (Å²) in [5.74, 6) is 0. The van der Waals surface area contributed by atoms with Crippen molar-refractivity contribution in [3.05, 3.63) is 223 Å². The van der Waals surface area contributed by atoms with E-state index in [1.54, 1.807) is 0 Å². The molecule has 0 saturated heterocycles. The van der Waals surface area contributed by atoms with Crippen LogP contribution >= 0.6 is 11.3 Å². The summed E-state index contributed by atoms with van der Waals surface area (Å²) in [6.45, 7) is 4.81. The largest absolute Gasteiger partial charge is 0.308 e. The van der Waals surface area contributed by atoms with Crippen LogP contribution in [0.3, 0.4) is 0 Å². The fourth-order valence-electron chi connectivity index (χ4n) is 10.0. The Morgan fingerprint density at radius 2 is 0.951 bits per heavy atom. The monoisotopic (exact) mass is 795 g/mol. The molecular weight excluding hydrogens is 755 g/mol. The van der Waals surface area contributed by atoms with Crippen molar-refractivity contribution >= 4 is 70.1 Å². The lowest BCUT2D eigenvalue weighted by Crippen LogP contribution is -2.17. The lowest BCUT2D eigenvalue weighted by molar-refractivity contribution is 0.660. The predicted molar refractivity (Wildman–Crippen MR) is 263 cm³/mol. The fraction of sp³-hybridized carbons (Fsp3) is 0.0508. The predicted octanol–water partition coefficient (Wildman–Crippen LogP) is 17.1. The smallest absolute Gasteiger partial charge is 0.0640 e. The third kappa shape index (κ3) is 5.67. The van der Waals surface area contributed by atoms with Crippen molar-refractivity contribution in [2.75, 3.05) is 4.90 Å². The van der Waals surface area contributed by atoms with Gasteiger partial charge < -0.3 is 4.90 Å². The van der Waals surface area contributed by atoms with E-state index in [-0.39, 0.29) is 5.41 Å². The topological polar surface area (TPSA) is 3.24 Å². The van der Waals surface area contributed by atoms with E-state index in [2.05, 4.69) is 231 Å². The number of fused-ring (bicyclic) bond motifs is 9. The van der Waals surface area contributed by atoms with Crippen LogP contribution in [0.2, 0.25) is 0 Å². The number of hydrogen-bond acceptors (Lipinski definition) is 2. The second-order valence-corrected chi connectivity index (χ2v) is 17.9. The van der Waals surface area contributed by atoms with Gasteiger partial charge in [0.05, 0.1) is 16.1 Å². The Balaban J connectivity index is 1.02. The Morgan fingerprint density at radius 1 is 0.361 bits per heavy atom. The van der Waals surface area contributed by atoms with E-state index in [0.717, 1.165) is 11.4 Å². The first-order chi connectivity index (χ1) is 30.0. The Bertz CT molecular complexity index is 3500. The van der Waals surface area contributed by atoms with Gasteiger partial charge in [-0.3, -0.25) is 0 Å². The minimum Gasteiger partial charge on any atom is -0.308 e. The highest BCUT2D eigenvalue weighted by Crippen LogP contribution is 2.54. The summed E-state index contributed by atoms with van der Waals surface area (Å²) in [7, 11) is 0. The summed E-state index contributed by atoms with van der Waals surface area (Å²) < 4.78 is 2.59. The molecule has 2 heteroatoms. The Morgan fingerprint density at radius 3 is 1.79 bits per heavy atom. The van der Waals surface area contributed by atoms with Gasteiger partial charge in [0.1, 0.15) is 0 Å². The summed E-state index contributed by atoms with van der Waals surface area (Å²) in [6, 6.07) is 78.6. The zero-order valence-electron chi connectivity index (χ0n) is 34.1. The standard InChI is InChI=1S/C59H41NS/c1-59(2)53-36-42(52-35-41-17-6-7-18-44(41)46-20-8-9-21-47(46)52)31-33-48(53)49-34-32-43(37-54(49)59)60(56-25-14-23-51-50-22-11-13-26-57(50)61-58(51)56)55-24-12-10-19-45(55)40-29-27-39(28-30-40)38-15-4-3-5-16-38/h3-37H,1-2H3. The molecule has 1 heterocycles. The highest BCUT2D eigenvalue weighted by molar-refractivity contribution is 7.26. The van der Waals surface area contributed by atoms with Crippen LogP contribution in [0.15, 0.2) is 212 Å². The molecule has 1 nitrogen and oxygen atoms in total. The first kappa shape index (κ1) is 35.7. The molecule has 0 fully saturated rings. The number of hydrogen-bond donors (Lipinski definition) is 0. The molecule has 0 N–H and O–H groups in total. The third-order valence-electron chi connectivity index (χ3n) is 13.1. The first-order valence-corrected chi connectivity index (χ1v) is 22.0.